The van der Waals surface area contributed by atoms with Crippen LogP contribution in [0.4, 0.5) is 0 Å². The Hall–Kier alpha value is -1.52. The van der Waals surface area contributed by atoms with Crippen molar-refractivity contribution in [3.8, 4) is 0 Å². The smallest absolute Gasteiger partial charge is 0.330 e. The van der Waals surface area contributed by atoms with Crippen molar-refractivity contribution in [1.29, 1.82) is 0 Å². The summed E-state index contributed by atoms with van der Waals surface area (Å²) < 4.78 is 6.01. The largest absolute Gasteiger partial charge is 0.394 e. The summed E-state index contributed by atoms with van der Waals surface area (Å²) in [5.41, 5.74) is -1.68. The van der Waals surface area contributed by atoms with Gasteiger partial charge in [-0.2, -0.15) is 0 Å². The Morgan fingerprint density at radius 1 is 1.26 bits per heavy atom. The van der Waals surface area contributed by atoms with Gasteiger partial charge in [-0.3, -0.25) is 14.3 Å². The lowest BCUT2D eigenvalue weighted by Gasteiger charge is -2.17. The maximum Gasteiger partial charge on any atom is 0.330 e. The zero-order valence-corrected chi connectivity index (χ0v) is 9.76. The third-order valence-electron chi connectivity index (χ3n) is 3.00. The summed E-state index contributed by atoms with van der Waals surface area (Å²) >= 11 is 0. The molecule has 0 radical (unpaired) electrons. The highest BCUT2D eigenvalue weighted by molar-refractivity contribution is 5.04. The summed E-state index contributed by atoms with van der Waals surface area (Å²) in [4.78, 5) is 24.9. The van der Waals surface area contributed by atoms with Crippen LogP contribution in [0.25, 0.3) is 0 Å². The molecule has 0 spiro atoms. The Labute approximate surface area is 106 Å². The Kier molecular flexibility index (Phi) is 3.83. The van der Waals surface area contributed by atoms with E-state index >= 15 is 0 Å². The zero-order chi connectivity index (χ0) is 14.2. The fourth-order valence-corrected chi connectivity index (χ4v) is 1.94. The van der Waals surface area contributed by atoms with Crippen LogP contribution in [0.2, 0.25) is 0 Å². The summed E-state index contributed by atoms with van der Waals surface area (Å²) in [6.45, 7) is -1.12. The molecule has 1 aromatic rings. The van der Waals surface area contributed by atoms with Gasteiger partial charge in [-0.05, 0) is 0 Å². The molecule has 106 valence electrons. The van der Waals surface area contributed by atoms with Gasteiger partial charge in [0.05, 0.1) is 18.8 Å². The van der Waals surface area contributed by atoms with Crippen LogP contribution < -0.4 is 11.2 Å². The van der Waals surface area contributed by atoms with Crippen LogP contribution in [0.1, 0.15) is 11.8 Å². The van der Waals surface area contributed by atoms with E-state index < -0.39 is 49.0 Å². The van der Waals surface area contributed by atoms with Crippen molar-refractivity contribution in [2.45, 2.75) is 31.1 Å². The van der Waals surface area contributed by atoms with E-state index in [1.807, 2.05) is 4.98 Å². The van der Waals surface area contributed by atoms with Gasteiger partial charge < -0.3 is 25.2 Å². The van der Waals surface area contributed by atoms with E-state index in [9.17, 15) is 19.8 Å². The summed E-state index contributed by atoms with van der Waals surface area (Å²) in [6.07, 6.45) is -4.03. The molecule has 0 bridgehead atoms. The molecule has 2 rings (SSSR count). The normalized spacial score (nSPS) is 30.7. The lowest BCUT2D eigenvalue weighted by molar-refractivity contribution is -0.0552. The second kappa shape index (κ2) is 5.23. The Bertz CT molecular complexity index is 566. The van der Waals surface area contributed by atoms with Crippen molar-refractivity contribution in [2.24, 2.45) is 0 Å². The van der Waals surface area contributed by atoms with E-state index in [2.05, 4.69) is 0 Å². The van der Waals surface area contributed by atoms with Crippen LogP contribution in [0.5, 0.6) is 0 Å². The number of rotatable bonds is 3. The average Bonchev–Trinajstić information content (AvgIpc) is 2.67. The molecule has 4 atom stereocenters. The molecule has 1 aliphatic heterocycles. The molecule has 9 nitrogen and oxygen atoms in total. The van der Waals surface area contributed by atoms with E-state index in [-0.39, 0.29) is 5.56 Å². The van der Waals surface area contributed by atoms with Crippen LogP contribution in [0.15, 0.2) is 15.8 Å². The van der Waals surface area contributed by atoms with Gasteiger partial charge >= 0.3 is 5.69 Å². The molecule has 5 N–H and O–H groups in total. The third kappa shape index (κ3) is 2.33. The maximum atomic E-state index is 11.6. The van der Waals surface area contributed by atoms with Crippen molar-refractivity contribution >= 4 is 0 Å². The summed E-state index contributed by atoms with van der Waals surface area (Å²) in [6, 6.07) is 0. The van der Waals surface area contributed by atoms with E-state index in [4.69, 9.17) is 14.9 Å². The quantitative estimate of drug-likeness (QED) is 0.387. The van der Waals surface area contributed by atoms with Gasteiger partial charge in [0.25, 0.3) is 5.56 Å². The first-order chi connectivity index (χ1) is 8.99. The van der Waals surface area contributed by atoms with Crippen molar-refractivity contribution in [3.63, 3.8) is 0 Å². The highest BCUT2D eigenvalue weighted by Gasteiger charge is 2.43. The highest BCUT2D eigenvalue weighted by Crippen LogP contribution is 2.27. The third-order valence-corrected chi connectivity index (χ3v) is 3.00. The number of nitrogens with zero attached hydrogens (tertiary/aromatic N) is 1. The number of hydrogen-bond acceptors (Lipinski definition) is 7. The van der Waals surface area contributed by atoms with Crippen molar-refractivity contribution < 1.29 is 25.2 Å². The molecule has 19 heavy (non-hydrogen) atoms. The molecule has 1 aromatic heterocycles. The minimum Gasteiger partial charge on any atom is -0.394 e. The molecular weight excluding hydrogens is 260 g/mol. The maximum absolute atomic E-state index is 11.6. The number of aromatic nitrogens is 2. The summed E-state index contributed by atoms with van der Waals surface area (Å²) in [7, 11) is 0. The van der Waals surface area contributed by atoms with Crippen LogP contribution in [-0.2, 0) is 11.3 Å². The van der Waals surface area contributed by atoms with Crippen LogP contribution in [-0.4, -0.2) is 54.9 Å². The molecular formula is C10H14N2O7. The van der Waals surface area contributed by atoms with Crippen LogP contribution in [0, 0.1) is 0 Å². The van der Waals surface area contributed by atoms with Crippen LogP contribution in [0.3, 0.4) is 0 Å². The minimum atomic E-state index is -1.44. The van der Waals surface area contributed by atoms with Gasteiger partial charge in [-0.1, -0.05) is 0 Å². The van der Waals surface area contributed by atoms with Gasteiger partial charge in [-0.15, -0.1) is 0 Å². The van der Waals surface area contributed by atoms with Gasteiger partial charge in [0, 0.05) is 6.20 Å². The molecule has 0 unspecified atom stereocenters. The minimum absolute atomic E-state index is 0.0858. The van der Waals surface area contributed by atoms with E-state index in [1.54, 1.807) is 0 Å². The molecule has 0 amide bonds. The van der Waals surface area contributed by atoms with Gasteiger partial charge in [0.2, 0.25) is 0 Å². The number of aromatic amines is 1. The van der Waals surface area contributed by atoms with Gasteiger partial charge in [0.1, 0.15) is 18.3 Å². The fraction of sp³-hybridized carbons (Fsp3) is 0.600. The van der Waals surface area contributed by atoms with Gasteiger partial charge in [-0.25, -0.2) is 4.79 Å². The average molecular weight is 274 g/mol. The van der Waals surface area contributed by atoms with E-state index in [0.717, 1.165) is 10.8 Å². The second-order valence-corrected chi connectivity index (χ2v) is 4.21. The highest BCUT2D eigenvalue weighted by atomic mass is 16.6. The van der Waals surface area contributed by atoms with Crippen LogP contribution >= 0.6 is 0 Å². The zero-order valence-electron chi connectivity index (χ0n) is 9.76. The van der Waals surface area contributed by atoms with Crippen molar-refractivity contribution in [1.82, 2.24) is 9.55 Å². The van der Waals surface area contributed by atoms with E-state index in [1.165, 1.54) is 0 Å². The Morgan fingerprint density at radius 2 is 1.95 bits per heavy atom. The predicted octanol–water partition coefficient (Wildman–Crippen LogP) is -3.36. The monoisotopic (exact) mass is 274 g/mol. The first-order valence-corrected chi connectivity index (χ1v) is 5.57. The topological polar surface area (TPSA) is 145 Å². The first-order valence-electron chi connectivity index (χ1n) is 5.57. The molecule has 9 heteroatoms. The van der Waals surface area contributed by atoms with E-state index in [0.29, 0.717) is 0 Å². The second-order valence-electron chi connectivity index (χ2n) is 4.21. The SMILES string of the molecule is O=c1[nH]c(=O)n([C@@H]2O[C@H](CO)[C@@H](O)[C@@H]2O)cc1CO. The Balaban J connectivity index is 2.43. The first kappa shape index (κ1) is 13.9. The molecule has 1 saturated heterocycles. The fourth-order valence-electron chi connectivity index (χ4n) is 1.94. The number of H-pyrrole nitrogens is 1. The Morgan fingerprint density at radius 3 is 2.47 bits per heavy atom. The summed E-state index contributed by atoms with van der Waals surface area (Å²) in [5, 5.41) is 37.3. The standard InChI is InChI=1S/C10H14N2O7/c13-2-4-1-12(10(18)11-8(4)17)9-7(16)6(15)5(3-14)19-9/h1,5-7,9,13-16H,2-3H2,(H,11,17,18)/t5-,6-,7+,9-/m1/s1. The van der Waals surface area contributed by atoms with Crippen molar-refractivity contribution in [2.75, 3.05) is 6.61 Å². The molecule has 1 aliphatic rings. The van der Waals surface area contributed by atoms with Gasteiger partial charge in [0.15, 0.2) is 6.23 Å². The lowest BCUT2D eigenvalue weighted by Crippen LogP contribution is -2.38. The number of aliphatic hydroxyl groups is 4. The number of ether oxygens (including phenoxy) is 1. The summed E-state index contributed by atoms with van der Waals surface area (Å²) in [5.74, 6) is 0. The number of hydrogen-bond donors (Lipinski definition) is 5. The number of nitrogens with one attached hydrogen (secondary N) is 1. The number of aliphatic hydroxyl groups excluding tert-OH is 4. The predicted molar refractivity (Wildman–Crippen MR) is 60.3 cm³/mol. The molecule has 1 fully saturated rings. The molecule has 0 aliphatic carbocycles. The lowest BCUT2D eigenvalue weighted by atomic mass is 10.1. The molecule has 0 aromatic carbocycles. The molecule has 0 saturated carbocycles. The molecule has 2 heterocycles. The van der Waals surface area contributed by atoms with Crippen molar-refractivity contribution in [3.05, 3.63) is 32.6 Å².